The molecule has 1 amide bonds. The number of ether oxygens (including phenoxy) is 2. The monoisotopic (exact) mass is 533 g/mol. The SMILES string of the molecule is COCCNC(=NCC(=O)N(C)C)NCC(c1ccc(OC)cc1)N1CCCC1.I. The number of benzene rings is 1. The van der Waals surface area contributed by atoms with E-state index in [-0.39, 0.29) is 42.5 Å². The smallest absolute Gasteiger partial charge is 0.243 e. The highest BCUT2D eigenvalue weighted by Gasteiger charge is 2.23. The Morgan fingerprint density at radius 1 is 1.17 bits per heavy atom. The number of guanidine groups is 1. The van der Waals surface area contributed by atoms with E-state index in [0.717, 1.165) is 18.8 Å². The van der Waals surface area contributed by atoms with E-state index < -0.39 is 0 Å². The lowest BCUT2D eigenvalue weighted by Gasteiger charge is -2.29. The van der Waals surface area contributed by atoms with Gasteiger partial charge in [0.25, 0.3) is 0 Å². The number of halogens is 1. The van der Waals surface area contributed by atoms with E-state index in [9.17, 15) is 4.79 Å². The molecule has 1 saturated heterocycles. The van der Waals surface area contributed by atoms with Gasteiger partial charge in [0.2, 0.25) is 5.91 Å². The van der Waals surface area contributed by atoms with Crippen LogP contribution in [-0.2, 0) is 9.53 Å². The number of likely N-dealkylation sites (N-methyl/N-ethyl adjacent to an activating group) is 1. The number of nitrogens with one attached hydrogen (secondary N) is 2. The molecule has 1 aromatic rings. The molecule has 0 aromatic heterocycles. The van der Waals surface area contributed by atoms with E-state index >= 15 is 0 Å². The van der Waals surface area contributed by atoms with Crippen LogP contribution in [0, 0.1) is 0 Å². The average molecular weight is 533 g/mol. The fourth-order valence-corrected chi connectivity index (χ4v) is 3.26. The van der Waals surface area contributed by atoms with Crippen LogP contribution in [0.1, 0.15) is 24.4 Å². The van der Waals surface area contributed by atoms with Crippen molar-refractivity contribution in [2.75, 3.05) is 67.6 Å². The van der Waals surface area contributed by atoms with Crippen LogP contribution in [-0.4, -0.2) is 89.3 Å². The minimum absolute atomic E-state index is 0. The van der Waals surface area contributed by atoms with Gasteiger partial charge in [0.15, 0.2) is 5.96 Å². The van der Waals surface area contributed by atoms with E-state index in [1.807, 2.05) is 12.1 Å². The molecule has 0 radical (unpaired) electrons. The Hall–Kier alpha value is -1.59. The van der Waals surface area contributed by atoms with Gasteiger partial charge in [-0.05, 0) is 43.6 Å². The van der Waals surface area contributed by atoms with Crippen molar-refractivity contribution in [2.45, 2.75) is 18.9 Å². The quantitative estimate of drug-likeness (QED) is 0.207. The van der Waals surface area contributed by atoms with Crippen LogP contribution in [0.15, 0.2) is 29.3 Å². The molecule has 1 atom stereocenters. The van der Waals surface area contributed by atoms with Crippen molar-refractivity contribution < 1.29 is 14.3 Å². The molecule has 30 heavy (non-hydrogen) atoms. The highest BCUT2D eigenvalue weighted by Crippen LogP contribution is 2.26. The number of aliphatic imine (C=N–C) groups is 1. The third kappa shape index (κ3) is 8.65. The van der Waals surface area contributed by atoms with Crippen LogP contribution in [0.4, 0.5) is 0 Å². The van der Waals surface area contributed by atoms with Crippen LogP contribution in [0.25, 0.3) is 0 Å². The summed E-state index contributed by atoms with van der Waals surface area (Å²) in [6, 6.07) is 8.46. The summed E-state index contributed by atoms with van der Waals surface area (Å²) in [6.45, 7) is 4.15. The predicted octanol–water partition coefficient (Wildman–Crippen LogP) is 1.72. The Bertz CT molecular complexity index is 649. The van der Waals surface area contributed by atoms with Crippen LogP contribution >= 0.6 is 24.0 Å². The molecule has 1 aromatic carbocycles. The van der Waals surface area contributed by atoms with Gasteiger partial charge in [0.1, 0.15) is 12.3 Å². The molecule has 0 spiro atoms. The minimum Gasteiger partial charge on any atom is -0.497 e. The summed E-state index contributed by atoms with van der Waals surface area (Å²) in [4.78, 5) is 20.4. The molecule has 1 fully saturated rings. The predicted molar refractivity (Wildman–Crippen MR) is 131 cm³/mol. The first-order valence-electron chi connectivity index (χ1n) is 10.1. The van der Waals surface area contributed by atoms with Crippen LogP contribution < -0.4 is 15.4 Å². The number of likely N-dealkylation sites (tertiary alicyclic amines) is 1. The first kappa shape index (κ1) is 26.4. The maximum atomic E-state index is 11.9. The average Bonchev–Trinajstić information content (AvgIpc) is 3.26. The highest BCUT2D eigenvalue weighted by atomic mass is 127. The summed E-state index contributed by atoms with van der Waals surface area (Å²) < 4.78 is 10.4. The summed E-state index contributed by atoms with van der Waals surface area (Å²) in [6.07, 6.45) is 2.44. The van der Waals surface area contributed by atoms with Crippen molar-refractivity contribution in [3.63, 3.8) is 0 Å². The Kier molecular flexibility index (Phi) is 12.7. The molecule has 1 heterocycles. The number of rotatable bonds is 10. The molecular weight excluding hydrogens is 497 g/mol. The topological polar surface area (TPSA) is 78.4 Å². The number of amides is 1. The van der Waals surface area contributed by atoms with Gasteiger partial charge in [-0.3, -0.25) is 9.69 Å². The molecule has 8 nitrogen and oxygen atoms in total. The minimum atomic E-state index is -0.0379. The van der Waals surface area contributed by atoms with E-state index in [0.29, 0.717) is 25.7 Å². The number of methoxy groups -OCH3 is 2. The van der Waals surface area contributed by atoms with E-state index in [1.54, 1.807) is 33.2 Å². The van der Waals surface area contributed by atoms with Crippen LogP contribution in [0.3, 0.4) is 0 Å². The van der Waals surface area contributed by atoms with Gasteiger partial charge in [-0.2, -0.15) is 0 Å². The zero-order valence-electron chi connectivity index (χ0n) is 18.5. The molecule has 1 unspecified atom stereocenters. The largest absolute Gasteiger partial charge is 0.497 e. The number of carbonyl (C=O) groups excluding carboxylic acids is 1. The Balaban J connectivity index is 0.00000450. The maximum Gasteiger partial charge on any atom is 0.243 e. The zero-order valence-corrected chi connectivity index (χ0v) is 20.8. The fraction of sp³-hybridized carbons (Fsp3) is 0.619. The molecule has 170 valence electrons. The van der Waals surface area contributed by atoms with E-state index in [1.165, 1.54) is 18.4 Å². The number of hydrogen-bond acceptors (Lipinski definition) is 5. The molecule has 1 aliphatic rings. The fourth-order valence-electron chi connectivity index (χ4n) is 3.26. The first-order valence-corrected chi connectivity index (χ1v) is 10.1. The normalized spacial score (nSPS) is 15.3. The molecule has 0 saturated carbocycles. The van der Waals surface area contributed by atoms with Crippen molar-refractivity contribution in [1.82, 2.24) is 20.4 Å². The Morgan fingerprint density at radius 3 is 2.40 bits per heavy atom. The second-order valence-electron chi connectivity index (χ2n) is 7.29. The van der Waals surface area contributed by atoms with Crippen molar-refractivity contribution in [2.24, 2.45) is 4.99 Å². The second kappa shape index (κ2) is 14.4. The summed E-state index contributed by atoms with van der Waals surface area (Å²) in [5.41, 5.74) is 1.24. The van der Waals surface area contributed by atoms with Crippen molar-refractivity contribution in [3.05, 3.63) is 29.8 Å². The zero-order chi connectivity index (χ0) is 21.1. The first-order chi connectivity index (χ1) is 14.0. The van der Waals surface area contributed by atoms with Gasteiger partial charge in [-0.1, -0.05) is 12.1 Å². The van der Waals surface area contributed by atoms with Crippen LogP contribution in [0.5, 0.6) is 5.75 Å². The lowest BCUT2D eigenvalue weighted by Crippen LogP contribution is -2.44. The molecule has 9 heteroatoms. The second-order valence-corrected chi connectivity index (χ2v) is 7.29. The Morgan fingerprint density at radius 2 is 1.83 bits per heavy atom. The summed E-state index contributed by atoms with van der Waals surface area (Å²) in [5.74, 6) is 1.44. The van der Waals surface area contributed by atoms with Gasteiger partial charge < -0.3 is 25.0 Å². The van der Waals surface area contributed by atoms with Crippen molar-refractivity contribution >= 4 is 35.8 Å². The van der Waals surface area contributed by atoms with Crippen LogP contribution in [0.2, 0.25) is 0 Å². The lowest BCUT2D eigenvalue weighted by atomic mass is 10.1. The van der Waals surface area contributed by atoms with Gasteiger partial charge in [-0.25, -0.2) is 4.99 Å². The van der Waals surface area contributed by atoms with E-state index in [2.05, 4.69) is 32.7 Å². The summed E-state index contributed by atoms with van der Waals surface area (Å²) >= 11 is 0. The Labute approximate surface area is 197 Å². The number of nitrogens with zero attached hydrogens (tertiary/aromatic N) is 3. The molecule has 0 aliphatic carbocycles. The highest BCUT2D eigenvalue weighted by molar-refractivity contribution is 14.0. The molecule has 1 aliphatic heterocycles. The lowest BCUT2D eigenvalue weighted by molar-refractivity contribution is -0.127. The van der Waals surface area contributed by atoms with Crippen molar-refractivity contribution in [3.8, 4) is 5.75 Å². The van der Waals surface area contributed by atoms with Crippen molar-refractivity contribution in [1.29, 1.82) is 0 Å². The number of carbonyl (C=O) groups is 1. The molecule has 0 bridgehead atoms. The van der Waals surface area contributed by atoms with Gasteiger partial charge in [0.05, 0.1) is 19.8 Å². The summed E-state index contributed by atoms with van der Waals surface area (Å²) in [5, 5.41) is 6.65. The molecule has 2 N–H and O–H groups in total. The molecular formula is C21H36IN5O3. The maximum absolute atomic E-state index is 11.9. The third-order valence-corrected chi connectivity index (χ3v) is 5.01. The van der Waals surface area contributed by atoms with Gasteiger partial charge in [0, 0.05) is 34.3 Å². The van der Waals surface area contributed by atoms with Gasteiger partial charge in [-0.15, -0.1) is 24.0 Å². The van der Waals surface area contributed by atoms with E-state index in [4.69, 9.17) is 9.47 Å². The standard InChI is InChI=1S/C21H35N5O3.HI/c1-25(2)20(27)16-24-21(22-11-14-28-3)23-15-19(26-12-5-6-13-26)17-7-9-18(29-4)10-8-17;/h7-10,19H,5-6,11-16H2,1-4H3,(H2,22,23,24);1H. The number of hydrogen-bond donors (Lipinski definition) is 2. The summed E-state index contributed by atoms with van der Waals surface area (Å²) in [7, 11) is 6.80. The molecule has 2 rings (SSSR count). The van der Waals surface area contributed by atoms with Gasteiger partial charge >= 0.3 is 0 Å². The third-order valence-electron chi connectivity index (χ3n) is 5.01.